The first kappa shape index (κ1) is 20.7. The van der Waals surface area contributed by atoms with Crippen LogP contribution in [0.5, 0.6) is 0 Å². The molecule has 160 valence electrons. The van der Waals surface area contributed by atoms with Crippen molar-refractivity contribution in [2.45, 2.75) is 58.2 Å². The Labute approximate surface area is 173 Å². The van der Waals surface area contributed by atoms with Gasteiger partial charge in [0, 0.05) is 42.2 Å². The van der Waals surface area contributed by atoms with Gasteiger partial charge in [-0.3, -0.25) is 4.90 Å². The summed E-state index contributed by atoms with van der Waals surface area (Å²) in [5.41, 5.74) is 1.68. The monoisotopic (exact) mass is 418 g/mol. The maximum absolute atomic E-state index is 13.6. The van der Waals surface area contributed by atoms with Crippen molar-refractivity contribution in [1.82, 2.24) is 29.5 Å². The average molecular weight is 418 g/mol. The van der Waals surface area contributed by atoms with E-state index < -0.39 is 11.9 Å². The van der Waals surface area contributed by atoms with E-state index in [2.05, 4.69) is 25.0 Å². The zero-order valence-electron chi connectivity index (χ0n) is 17.3. The van der Waals surface area contributed by atoms with Crippen molar-refractivity contribution in [3.8, 4) is 0 Å². The molecule has 30 heavy (non-hydrogen) atoms. The highest BCUT2D eigenvalue weighted by Crippen LogP contribution is 2.33. The van der Waals surface area contributed by atoms with Gasteiger partial charge in [-0.1, -0.05) is 13.8 Å². The third-order valence-corrected chi connectivity index (χ3v) is 5.59. The van der Waals surface area contributed by atoms with Crippen LogP contribution < -0.4 is 0 Å². The van der Waals surface area contributed by atoms with Crippen molar-refractivity contribution in [1.29, 1.82) is 0 Å². The van der Waals surface area contributed by atoms with E-state index in [9.17, 15) is 13.2 Å². The molecule has 3 aromatic heterocycles. The molecule has 4 rings (SSSR count). The van der Waals surface area contributed by atoms with Crippen LogP contribution in [-0.4, -0.2) is 42.6 Å². The minimum Gasteiger partial charge on any atom is -0.299 e. The molecule has 1 aliphatic rings. The first-order valence-electron chi connectivity index (χ1n) is 10.2. The standard InChI is InChI=1S/C21H25F3N6/c1-13(2)17-8-19(21(22,23)24)30-20(27-17)9-18(28-30)16-4-6-29(7-5-16)12-15-10-25-14(3)26-11-15/h8-11,13,16H,4-7,12H2,1-3H3. The SMILES string of the molecule is Cc1ncc(CN2CCC(c3cc4nc(C(C)C)cc(C(F)(F)F)n4n3)CC2)cn1. The molecule has 4 heterocycles. The lowest BCUT2D eigenvalue weighted by molar-refractivity contribution is -0.142. The molecule has 3 aromatic rings. The number of alkyl halides is 3. The molecule has 0 atom stereocenters. The summed E-state index contributed by atoms with van der Waals surface area (Å²) in [5.74, 6) is 0.779. The molecular formula is C21H25F3N6. The van der Waals surface area contributed by atoms with Crippen LogP contribution in [0.2, 0.25) is 0 Å². The first-order valence-corrected chi connectivity index (χ1v) is 10.2. The van der Waals surface area contributed by atoms with Crippen LogP contribution in [0.15, 0.2) is 24.5 Å². The van der Waals surface area contributed by atoms with E-state index >= 15 is 0 Å². The van der Waals surface area contributed by atoms with Gasteiger partial charge in [-0.25, -0.2) is 19.5 Å². The van der Waals surface area contributed by atoms with Crippen LogP contribution in [0, 0.1) is 6.92 Å². The summed E-state index contributed by atoms with van der Waals surface area (Å²) in [4.78, 5) is 15.2. The number of halogens is 3. The quantitative estimate of drug-likeness (QED) is 0.631. The lowest BCUT2D eigenvalue weighted by Gasteiger charge is -2.31. The number of aromatic nitrogens is 5. The summed E-state index contributed by atoms with van der Waals surface area (Å²) in [6, 6.07) is 2.83. The summed E-state index contributed by atoms with van der Waals surface area (Å²) in [6.45, 7) is 8.01. The van der Waals surface area contributed by atoms with Crippen LogP contribution in [0.3, 0.4) is 0 Å². The predicted molar refractivity (Wildman–Crippen MR) is 106 cm³/mol. The fourth-order valence-corrected chi connectivity index (χ4v) is 3.85. The zero-order chi connectivity index (χ0) is 21.5. The third-order valence-electron chi connectivity index (χ3n) is 5.59. The predicted octanol–water partition coefficient (Wildman–Crippen LogP) is 4.35. The maximum atomic E-state index is 13.6. The van der Waals surface area contributed by atoms with Gasteiger partial charge in [0.1, 0.15) is 11.5 Å². The number of rotatable bonds is 4. The molecular weight excluding hydrogens is 393 g/mol. The molecule has 0 aromatic carbocycles. The molecule has 0 amide bonds. The minimum absolute atomic E-state index is 0.0940. The van der Waals surface area contributed by atoms with Gasteiger partial charge in [-0.05, 0) is 44.8 Å². The van der Waals surface area contributed by atoms with Crippen molar-refractivity contribution in [3.63, 3.8) is 0 Å². The van der Waals surface area contributed by atoms with Gasteiger partial charge in [-0.15, -0.1) is 0 Å². The number of nitrogens with zero attached hydrogens (tertiary/aromatic N) is 6. The smallest absolute Gasteiger partial charge is 0.299 e. The van der Waals surface area contributed by atoms with Crippen LogP contribution in [0.1, 0.15) is 67.0 Å². The number of hydrogen-bond donors (Lipinski definition) is 0. The number of fused-ring (bicyclic) bond motifs is 1. The van der Waals surface area contributed by atoms with E-state index in [1.165, 1.54) is 0 Å². The molecule has 0 bridgehead atoms. The lowest BCUT2D eigenvalue weighted by atomic mass is 9.93. The second-order valence-corrected chi connectivity index (χ2v) is 8.25. The van der Waals surface area contributed by atoms with Gasteiger partial charge in [0.15, 0.2) is 5.65 Å². The van der Waals surface area contributed by atoms with Crippen molar-refractivity contribution in [2.24, 2.45) is 0 Å². The van der Waals surface area contributed by atoms with E-state index in [1.54, 1.807) is 6.07 Å². The lowest BCUT2D eigenvalue weighted by Crippen LogP contribution is -2.32. The Morgan fingerprint density at radius 2 is 1.77 bits per heavy atom. The van der Waals surface area contributed by atoms with Crippen molar-refractivity contribution in [2.75, 3.05) is 13.1 Å². The highest BCUT2D eigenvalue weighted by molar-refractivity contribution is 5.44. The molecule has 0 aliphatic carbocycles. The number of likely N-dealkylation sites (tertiary alicyclic amines) is 1. The molecule has 0 unspecified atom stereocenters. The fraction of sp³-hybridized carbons (Fsp3) is 0.524. The van der Waals surface area contributed by atoms with Crippen molar-refractivity contribution in [3.05, 3.63) is 53.0 Å². The van der Waals surface area contributed by atoms with Gasteiger partial charge < -0.3 is 0 Å². The van der Waals surface area contributed by atoms with E-state index in [0.717, 1.165) is 54.4 Å². The van der Waals surface area contributed by atoms with E-state index in [-0.39, 0.29) is 17.5 Å². The van der Waals surface area contributed by atoms with Gasteiger partial charge in [-0.2, -0.15) is 18.3 Å². The molecule has 0 saturated carbocycles. The van der Waals surface area contributed by atoms with Crippen LogP contribution in [-0.2, 0) is 12.7 Å². The van der Waals surface area contributed by atoms with Gasteiger partial charge >= 0.3 is 6.18 Å². The summed E-state index contributed by atoms with van der Waals surface area (Å²) < 4.78 is 41.7. The molecule has 1 aliphatic heterocycles. The summed E-state index contributed by atoms with van der Waals surface area (Å²) in [5, 5.41) is 4.32. The second-order valence-electron chi connectivity index (χ2n) is 8.25. The Hall–Kier alpha value is -2.55. The largest absolute Gasteiger partial charge is 0.433 e. The average Bonchev–Trinajstić information content (AvgIpc) is 3.12. The Morgan fingerprint density at radius 1 is 1.10 bits per heavy atom. The van der Waals surface area contributed by atoms with Crippen molar-refractivity contribution < 1.29 is 13.2 Å². The zero-order valence-corrected chi connectivity index (χ0v) is 17.3. The van der Waals surface area contributed by atoms with Crippen LogP contribution in [0.4, 0.5) is 13.2 Å². The van der Waals surface area contributed by atoms with E-state index in [4.69, 9.17) is 0 Å². The van der Waals surface area contributed by atoms with Gasteiger partial charge in [0.05, 0.1) is 5.69 Å². The van der Waals surface area contributed by atoms with Gasteiger partial charge in [0.25, 0.3) is 0 Å². The molecule has 1 fully saturated rings. The molecule has 6 nitrogen and oxygen atoms in total. The Bertz CT molecular complexity index is 1020. The van der Waals surface area contributed by atoms with Crippen LogP contribution in [0.25, 0.3) is 5.65 Å². The highest BCUT2D eigenvalue weighted by atomic mass is 19.4. The number of aryl methyl sites for hydroxylation is 1. The molecule has 0 spiro atoms. The fourth-order valence-electron chi connectivity index (χ4n) is 3.85. The van der Waals surface area contributed by atoms with E-state index in [1.807, 2.05) is 33.2 Å². The Morgan fingerprint density at radius 3 is 2.37 bits per heavy atom. The molecule has 1 saturated heterocycles. The third kappa shape index (κ3) is 4.30. The van der Waals surface area contributed by atoms with Crippen LogP contribution >= 0.6 is 0 Å². The summed E-state index contributed by atoms with van der Waals surface area (Å²) in [6.07, 6.45) is 0.887. The summed E-state index contributed by atoms with van der Waals surface area (Å²) >= 11 is 0. The molecule has 9 heteroatoms. The van der Waals surface area contributed by atoms with Crippen molar-refractivity contribution >= 4 is 5.65 Å². The first-order chi connectivity index (χ1) is 14.2. The molecule has 0 N–H and O–H groups in total. The summed E-state index contributed by atoms with van der Waals surface area (Å²) in [7, 11) is 0. The molecule has 0 radical (unpaired) electrons. The normalized spacial score (nSPS) is 16.6. The van der Waals surface area contributed by atoms with E-state index in [0.29, 0.717) is 11.4 Å². The van der Waals surface area contributed by atoms with Gasteiger partial charge in [0.2, 0.25) is 0 Å². The maximum Gasteiger partial charge on any atom is 0.433 e. The number of hydrogen-bond acceptors (Lipinski definition) is 5. The highest BCUT2D eigenvalue weighted by Gasteiger charge is 2.36. The number of piperidine rings is 1. The minimum atomic E-state index is -4.48. The second kappa shape index (κ2) is 7.94. The Kier molecular flexibility index (Phi) is 5.48. The topological polar surface area (TPSA) is 59.2 Å². The Balaban J connectivity index is 1.52.